The van der Waals surface area contributed by atoms with Crippen molar-refractivity contribution in [1.29, 1.82) is 0 Å². The van der Waals surface area contributed by atoms with Crippen LogP contribution in [0.2, 0.25) is 0 Å². The Morgan fingerprint density at radius 3 is 2.32 bits per heavy atom. The van der Waals surface area contributed by atoms with Crippen molar-refractivity contribution in [3.8, 4) is 11.5 Å². The highest BCUT2D eigenvalue weighted by Gasteiger charge is 2.34. The number of ether oxygens (including phenoxy) is 2. The van der Waals surface area contributed by atoms with Crippen molar-refractivity contribution >= 4 is 0 Å². The Hall–Kier alpha value is -2.78. The molecule has 0 spiro atoms. The largest absolute Gasteiger partial charge is 0.497 e. The SMILES string of the molecule is COc1ccc2c(c1)C[C@@H](c1ccccc1)[C@H]2c1ccc(OCCN2CCCC2)cc1. The number of fused-ring (bicyclic) bond motifs is 1. The molecule has 0 saturated carbocycles. The molecule has 160 valence electrons. The Kier molecular flexibility index (Phi) is 5.95. The molecule has 0 unspecified atom stereocenters. The van der Waals surface area contributed by atoms with Gasteiger partial charge in [0.1, 0.15) is 18.1 Å². The van der Waals surface area contributed by atoms with Crippen molar-refractivity contribution in [2.24, 2.45) is 0 Å². The molecule has 2 aliphatic rings. The van der Waals surface area contributed by atoms with Gasteiger partial charge in [-0.3, -0.25) is 4.90 Å². The Labute approximate surface area is 185 Å². The lowest BCUT2D eigenvalue weighted by molar-refractivity contribution is 0.237. The number of methoxy groups -OCH3 is 1. The average molecular weight is 414 g/mol. The van der Waals surface area contributed by atoms with Crippen molar-refractivity contribution in [2.45, 2.75) is 31.1 Å². The summed E-state index contributed by atoms with van der Waals surface area (Å²) in [5.74, 6) is 2.69. The van der Waals surface area contributed by atoms with Crippen LogP contribution in [0.4, 0.5) is 0 Å². The van der Waals surface area contributed by atoms with Crippen molar-refractivity contribution in [2.75, 3.05) is 33.4 Å². The van der Waals surface area contributed by atoms with Crippen LogP contribution in [0, 0.1) is 0 Å². The molecule has 1 heterocycles. The van der Waals surface area contributed by atoms with Crippen LogP contribution < -0.4 is 9.47 Å². The minimum Gasteiger partial charge on any atom is -0.497 e. The maximum atomic E-state index is 6.04. The normalized spacial score (nSPS) is 20.5. The van der Waals surface area contributed by atoms with E-state index >= 15 is 0 Å². The van der Waals surface area contributed by atoms with Gasteiger partial charge in [0.25, 0.3) is 0 Å². The second kappa shape index (κ2) is 9.15. The zero-order valence-corrected chi connectivity index (χ0v) is 18.3. The van der Waals surface area contributed by atoms with E-state index in [1.807, 2.05) is 0 Å². The maximum Gasteiger partial charge on any atom is 0.119 e. The summed E-state index contributed by atoms with van der Waals surface area (Å²) < 4.78 is 11.5. The summed E-state index contributed by atoms with van der Waals surface area (Å²) >= 11 is 0. The molecule has 3 heteroatoms. The quantitative estimate of drug-likeness (QED) is 0.500. The minimum atomic E-state index is 0.349. The molecule has 2 atom stereocenters. The Balaban J connectivity index is 1.37. The summed E-state index contributed by atoms with van der Waals surface area (Å²) in [6.45, 7) is 4.22. The van der Waals surface area contributed by atoms with Crippen LogP contribution >= 0.6 is 0 Å². The molecule has 0 radical (unpaired) electrons. The molecule has 3 aromatic carbocycles. The van der Waals surface area contributed by atoms with Crippen LogP contribution in [-0.2, 0) is 6.42 Å². The zero-order chi connectivity index (χ0) is 21.0. The first-order chi connectivity index (χ1) is 15.3. The third kappa shape index (κ3) is 4.33. The standard InChI is InChI=1S/C28H31NO2/c1-30-25-13-14-26-23(19-25)20-27(21-7-3-2-4-8-21)28(26)22-9-11-24(12-10-22)31-18-17-29-15-5-6-16-29/h2-4,7-14,19,27-28H,5-6,15-18,20H2,1H3/t27-,28-/m0/s1. The average Bonchev–Trinajstić information content (AvgIpc) is 3.47. The smallest absolute Gasteiger partial charge is 0.119 e. The molecular weight excluding hydrogens is 382 g/mol. The van der Waals surface area contributed by atoms with Gasteiger partial charge in [-0.1, -0.05) is 48.5 Å². The van der Waals surface area contributed by atoms with Crippen molar-refractivity contribution in [1.82, 2.24) is 4.90 Å². The number of nitrogens with zero attached hydrogens (tertiary/aromatic N) is 1. The third-order valence-electron chi connectivity index (χ3n) is 6.87. The van der Waals surface area contributed by atoms with Crippen LogP contribution in [-0.4, -0.2) is 38.3 Å². The second-order valence-corrected chi connectivity index (χ2v) is 8.73. The molecule has 1 saturated heterocycles. The highest BCUT2D eigenvalue weighted by atomic mass is 16.5. The molecule has 3 nitrogen and oxygen atoms in total. The lowest BCUT2D eigenvalue weighted by Gasteiger charge is -2.22. The first-order valence-corrected chi connectivity index (χ1v) is 11.5. The third-order valence-corrected chi connectivity index (χ3v) is 6.87. The van der Waals surface area contributed by atoms with E-state index in [0.717, 1.165) is 31.1 Å². The maximum absolute atomic E-state index is 6.04. The molecule has 0 aromatic heterocycles. The molecule has 0 amide bonds. The van der Waals surface area contributed by atoms with Gasteiger partial charge < -0.3 is 9.47 Å². The van der Waals surface area contributed by atoms with Gasteiger partial charge >= 0.3 is 0 Å². The highest BCUT2D eigenvalue weighted by molar-refractivity contribution is 5.51. The zero-order valence-electron chi connectivity index (χ0n) is 18.3. The summed E-state index contributed by atoms with van der Waals surface area (Å²) in [6, 6.07) is 26.3. The van der Waals surface area contributed by atoms with E-state index in [-0.39, 0.29) is 0 Å². The Morgan fingerprint density at radius 2 is 1.58 bits per heavy atom. The van der Waals surface area contributed by atoms with E-state index in [0.29, 0.717) is 11.8 Å². The first-order valence-electron chi connectivity index (χ1n) is 11.5. The highest BCUT2D eigenvalue weighted by Crippen LogP contribution is 2.48. The molecular formula is C28H31NO2. The van der Waals surface area contributed by atoms with Gasteiger partial charge in [0, 0.05) is 12.5 Å². The molecule has 1 fully saturated rings. The molecule has 1 aliphatic heterocycles. The number of likely N-dealkylation sites (tertiary alicyclic amines) is 1. The fraction of sp³-hybridized carbons (Fsp3) is 0.357. The molecule has 3 aromatic rings. The molecule has 1 aliphatic carbocycles. The van der Waals surface area contributed by atoms with E-state index in [1.165, 1.54) is 48.2 Å². The lowest BCUT2D eigenvalue weighted by atomic mass is 9.82. The molecule has 0 bridgehead atoms. The van der Waals surface area contributed by atoms with Crippen molar-refractivity contribution in [3.05, 3.63) is 95.1 Å². The van der Waals surface area contributed by atoms with E-state index < -0.39 is 0 Å². The van der Waals surface area contributed by atoms with Crippen LogP contribution in [0.3, 0.4) is 0 Å². The monoisotopic (exact) mass is 413 g/mol. The Bertz CT molecular complexity index is 993. The summed E-state index contributed by atoms with van der Waals surface area (Å²) in [6.07, 6.45) is 3.69. The van der Waals surface area contributed by atoms with Gasteiger partial charge in [0.2, 0.25) is 0 Å². The predicted octanol–water partition coefficient (Wildman–Crippen LogP) is 5.64. The van der Waals surface area contributed by atoms with Gasteiger partial charge in [-0.25, -0.2) is 0 Å². The van der Waals surface area contributed by atoms with Gasteiger partial charge in [0.15, 0.2) is 0 Å². The van der Waals surface area contributed by atoms with Crippen molar-refractivity contribution < 1.29 is 9.47 Å². The lowest BCUT2D eigenvalue weighted by Crippen LogP contribution is -2.25. The topological polar surface area (TPSA) is 21.7 Å². The van der Waals surface area contributed by atoms with Gasteiger partial charge in [0.05, 0.1) is 7.11 Å². The van der Waals surface area contributed by atoms with E-state index in [4.69, 9.17) is 9.47 Å². The fourth-order valence-corrected chi connectivity index (χ4v) is 5.25. The fourth-order valence-electron chi connectivity index (χ4n) is 5.25. The van der Waals surface area contributed by atoms with Crippen LogP contribution in [0.25, 0.3) is 0 Å². The van der Waals surface area contributed by atoms with Crippen LogP contribution in [0.15, 0.2) is 72.8 Å². The van der Waals surface area contributed by atoms with Crippen molar-refractivity contribution in [3.63, 3.8) is 0 Å². The van der Waals surface area contributed by atoms with E-state index in [1.54, 1.807) is 7.11 Å². The van der Waals surface area contributed by atoms with Crippen LogP contribution in [0.5, 0.6) is 11.5 Å². The van der Waals surface area contributed by atoms with E-state index in [2.05, 4.69) is 77.7 Å². The van der Waals surface area contributed by atoms with Gasteiger partial charge in [-0.2, -0.15) is 0 Å². The minimum absolute atomic E-state index is 0.349. The number of hydrogen-bond acceptors (Lipinski definition) is 3. The van der Waals surface area contributed by atoms with Gasteiger partial charge in [-0.05, 0) is 84.8 Å². The summed E-state index contributed by atoms with van der Waals surface area (Å²) in [5, 5.41) is 0. The number of hydrogen-bond donors (Lipinski definition) is 0. The number of benzene rings is 3. The van der Waals surface area contributed by atoms with Crippen LogP contribution in [0.1, 0.15) is 46.9 Å². The second-order valence-electron chi connectivity index (χ2n) is 8.73. The Morgan fingerprint density at radius 1 is 0.839 bits per heavy atom. The summed E-state index contributed by atoms with van der Waals surface area (Å²) in [5.41, 5.74) is 5.56. The summed E-state index contributed by atoms with van der Waals surface area (Å²) in [4.78, 5) is 2.49. The molecule has 5 rings (SSSR count). The first kappa shape index (κ1) is 20.1. The molecule has 0 N–H and O–H groups in total. The number of rotatable bonds is 7. The van der Waals surface area contributed by atoms with Gasteiger partial charge in [-0.15, -0.1) is 0 Å². The van der Waals surface area contributed by atoms with E-state index in [9.17, 15) is 0 Å². The summed E-state index contributed by atoms with van der Waals surface area (Å²) in [7, 11) is 1.74. The predicted molar refractivity (Wildman–Crippen MR) is 125 cm³/mol. The molecule has 31 heavy (non-hydrogen) atoms.